The third kappa shape index (κ3) is 3.70. The second kappa shape index (κ2) is 5.86. The van der Waals surface area contributed by atoms with Crippen molar-refractivity contribution in [3.63, 3.8) is 0 Å². The molecule has 0 spiro atoms. The first-order chi connectivity index (χ1) is 3.85. The lowest BCUT2D eigenvalue weighted by molar-refractivity contribution is 0.524. The average Bonchev–Trinajstić information content (AvgIpc) is 1.83. The number of alkyl halides is 1. The second-order valence-electron chi connectivity index (χ2n) is 2.22. The van der Waals surface area contributed by atoms with E-state index < -0.39 is 0 Å². The van der Waals surface area contributed by atoms with Crippen molar-refractivity contribution in [1.82, 2.24) is 0 Å². The first-order valence-electron chi connectivity index (χ1n) is 3.41. The molecule has 0 amide bonds. The highest BCUT2D eigenvalue weighted by Crippen LogP contribution is 2.12. The Morgan fingerprint density at radius 2 is 2.00 bits per heavy atom. The van der Waals surface area contributed by atoms with Crippen molar-refractivity contribution in [3.8, 4) is 0 Å². The third-order valence-corrected chi connectivity index (χ3v) is 2.74. The van der Waals surface area contributed by atoms with Gasteiger partial charge in [-0.2, -0.15) is 0 Å². The van der Waals surface area contributed by atoms with Gasteiger partial charge in [0.25, 0.3) is 0 Å². The lowest BCUT2D eigenvalue weighted by Gasteiger charge is -2.07. The lowest BCUT2D eigenvalue weighted by Crippen LogP contribution is -1.97. The Morgan fingerprint density at radius 1 is 1.38 bits per heavy atom. The molecule has 0 saturated heterocycles. The van der Waals surface area contributed by atoms with E-state index in [-0.39, 0.29) is 0 Å². The van der Waals surface area contributed by atoms with Crippen LogP contribution >= 0.6 is 22.6 Å². The number of halogens is 1. The van der Waals surface area contributed by atoms with Crippen molar-refractivity contribution < 1.29 is 0 Å². The van der Waals surface area contributed by atoms with Crippen LogP contribution in [-0.2, 0) is 0 Å². The Hall–Kier alpha value is 0.730. The molecular weight excluding hydrogens is 211 g/mol. The maximum absolute atomic E-state index is 2.47. The second-order valence-corrected chi connectivity index (χ2v) is 3.10. The van der Waals surface area contributed by atoms with Crippen LogP contribution in [-0.4, -0.2) is 4.43 Å². The maximum Gasteiger partial charge on any atom is 0.00235 e. The predicted octanol–water partition coefficient (Wildman–Crippen LogP) is 3.25. The van der Waals surface area contributed by atoms with Crippen LogP contribution in [0.2, 0.25) is 0 Å². The van der Waals surface area contributed by atoms with Gasteiger partial charge in [-0.05, 0) is 12.3 Å². The quantitative estimate of drug-likeness (QED) is 0.509. The van der Waals surface area contributed by atoms with Crippen LogP contribution in [0.4, 0.5) is 0 Å². The molecule has 0 aliphatic carbocycles. The fraction of sp³-hybridized carbons (Fsp3) is 1.00. The SMILES string of the molecule is CCC[C@@H](CC)CI. The summed E-state index contributed by atoms with van der Waals surface area (Å²) in [4.78, 5) is 0. The van der Waals surface area contributed by atoms with Crippen LogP contribution < -0.4 is 0 Å². The van der Waals surface area contributed by atoms with E-state index in [4.69, 9.17) is 0 Å². The minimum Gasteiger partial charge on any atom is -0.0861 e. The van der Waals surface area contributed by atoms with Crippen molar-refractivity contribution in [3.05, 3.63) is 0 Å². The van der Waals surface area contributed by atoms with E-state index in [9.17, 15) is 0 Å². The smallest absolute Gasteiger partial charge is 0.00235 e. The highest BCUT2D eigenvalue weighted by atomic mass is 127. The maximum atomic E-state index is 2.47. The van der Waals surface area contributed by atoms with Gasteiger partial charge < -0.3 is 0 Å². The molecule has 0 radical (unpaired) electrons. The van der Waals surface area contributed by atoms with Crippen LogP contribution in [0.5, 0.6) is 0 Å². The van der Waals surface area contributed by atoms with Crippen molar-refractivity contribution in [2.45, 2.75) is 33.1 Å². The van der Waals surface area contributed by atoms with Crippen molar-refractivity contribution in [2.75, 3.05) is 4.43 Å². The standard InChI is InChI=1S/C7H15I/c1-3-5-7(4-2)6-8/h7H,3-6H2,1-2H3/t7-/m1/s1. The molecule has 0 unspecified atom stereocenters. The minimum absolute atomic E-state index is 0.987. The summed E-state index contributed by atoms with van der Waals surface area (Å²) in [5.74, 6) is 0.987. The van der Waals surface area contributed by atoms with Crippen LogP contribution in [0.15, 0.2) is 0 Å². The molecule has 0 N–H and O–H groups in total. The monoisotopic (exact) mass is 226 g/mol. The highest BCUT2D eigenvalue weighted by molar-refractivity contribution is 14.1. The molecule has 0 aromatic carbocycles. The van der Waals surface area contributed by atoms with Gasteiger partial charge in [0.15, 0.2) is 0 Å². The van der Waals surface area contributed by atoms with Gasteiger partial charge in [0.1, 0.15) is 0 Å². The van der Waals surface area contributed by atoms with Crippen LogP contribution in [0.25, 0.3) is 0 Å². The summed E-state index contributed by atoms with van der Waals surface area (Å²) in [7, 11) is 0. The van der Waals surface area contributed by atoms with Gasteiger partial charge >= 0.3 is 0 Å². The van der Waals surface area contributed by atoms with Crippen LogP contribution in [0.1, 0.15) is 33.1 Å². The van der Waals surface area contributed by atoms with E-state index in [0.717, 1.165) is 5.92 Å². The number of hydrogen-bond donors (Lipinski definition) is 0. The molecule has 0 aromatic rings. The number of rotatable bonds is 4. The molecular formula is C7H15I. The molecule has 0 aliphatic rings. The summed E-state index contributed by atoms with van der Waals surface area (Å²) in [6, 6.07) is 0. The van der Waals surface area contributed by atoms with Gasteiger partial charge in [-0.3, -0.25) is 0 Å². The summed E-state index contributed by atoms with van der Waals surface area (Å²) in [6.45, 7) is 4.54. The predicted molar refractivity (Wildman–Crippen MR) is 47.6 cm³/mol. The Bertz CT molecular complexity index is 39.7. The Kier molecular flexibility index (Phi) is 6.39. The topological polar surface area (TPSA) is 0 Å². The molecule has 50 valence electrons. The third-order valence-electron chi connectivity index (χ3n) is 1.49. The number of hydrogen-bond acceptors (Lipinski definition) is 0. The zero-order valence-electron chi connectivity index (χ0n) is 5.78. The van der Waals surface area contributed by atoms with E-state index in [2.05, 4.69) is 36.4 Å². The van der Waals surface area contributed by atoms with E-state index in [1.54, 1.807) is 0 Å². The van der Waals surface area contributed by atoms with Gasteiger partial charge in [0.2, 0.25) is 0 Å². The first-order valence-corrected chi connectivity index (χ1v) is 4.93. The molecule has 0 nitrogen and oxygen atoms in total. The Balaban J connectivity index is 3.07. The van der Waals surface area contributed by atoms with Crippen molar-refractivity contribution in [1.29, 1.82) is 0 Å². The Labute approximate surface area is 66.2 Å². The molecule has 0 bridgehead atoms. The van der Waals surface area contributed by atoms with Crippen molar-refractivity contribution in [2.24, 2.45) is 5.92 Å². The molecule has 8 heavy (non-hydrogen) atoms. The molecule has 0 saturated carbocycles. The molecule has 1 atom stereocenters. The van der Waals surface area contributed by atoms with Crippen molar-refractivity contribution >= 4 is 22.6 Å². The summed E-state index contributed by atoms with van der Waals surface area (Å²) in [6.07, 6.45) is 4.12. The van der Waals surface area contributed by atoms with Gasteiger partial charge in [-0.1, -0.05) is 49.3 Å². The highest BCUT2D eigenvalue weighted by Gasteiger charge is 1.99. The molecule has 0 rings (SSSR count). The van der Waals surface area contributed by atoms with E-state index >= 15 is 0 Å². The first kappa shape index (κ1) is 8.73. The van der Waals surface area contributed by atoms with Gasteiger partial charge in [-0.25, -0.2) is 0 Å². The molecule has 0 aliphatic heterocycles. The summed E-state index contributed by atoms with van der Waals surface area (Å²) in [5, 5.41) is 0. The largest absolute Gasteiger partial charge is 0.0861 e. The van der Waals surface area contributed by atoms with E-state index in [0.29, 0.717) is 0 Å². The molecule has 1 heteroatoms. The zero-order valence-corrected chi connectivity index (χ0v) is 7.94. The van der Waals surface area contributed by atoms with Gasteiger partial charge in [0, 0.05) is 4.43 Å². The van der Waals surface area contributed by atoms with Crippen LogP contribution in [0.3, 0.4) is 0 Å². The zero-order chi connectivity index (χ0) is 6.41. The summed E-state index contributed by atoms with van der Waals surface area (Å²) < 4.78 is 1.34. The molecule has 0 aromatic heterocycles. The normalized spacial score (nSPS) is 13.9. The van der Waals surface area contributed by atoms with Crippen LogP contribution in [0, 0.1) is 5.92 Å². The molecule has 0 fully saturated rings. The average molecular weight is 226 g/mol. The van der Waals surface area contributed by atoms with E-state index in [1.807, 2.05) is 0 Å². The Morgan fingerprint density at radius 3 is 2.12 bits per heavy atom. The van der Waals surface area contributed by atoms with Gasteiger partial charge in [-0.15, -0.1) is 0 Å². The fourth-order valence-electron chi connectivity index (χ4n) is 0.799. The van der Waals surface area contributed by atoms with E-state index in [1.165, 1.54) is 23.7 Å². The summed E-state index contributed by atoms with van der Waals surface area (Å²) >= 11 is 2.47. The minimum atomic E-state index is 0.987. The van der Waals surface area contributed by atoms with Gasteiger partial charge in [0.05, 0.1) is 0 Å². The molecule has 0 heterocycles. The lowest BCUT2D eigenvalue weighted by atomic mass is 10.0. The fourth-order valence-corrected chi connectivity index (χ4v) is 1.86. The summed E-state index contributed by atoms with van der Waals surface area (Å²) in [5.41, 5.74) is 0.